The maximum atomic E-state index is 12.1. The van der Waals surface area contributed by atoms with Crippen LogP contribution in [-0.4, -0.2) is 26.8 Å². The molecule has 0 bridgehead atoms. The lowest BCUT2D eigenvalue weighted by molar-refractivity contribution is 0.771. The number of aromatic amines is 1. The van der Waals surface area contributed by atoms with Crippen LogP contribution in [-0.2, 0) is 13.6 Å². The van der Waals surface area contributed by atoms with Gasteiger partial charge in [-0.25, -0.2) is 4.98 Å². The molecule has 0 amide bonds. The van der Waals surface area contributed by atoms with Crippen LogP contribution < -0.4 is 10.5 Å². The summed E-state index contributed by atoms with van der Waals surface area (Å²) in [6, 6.07) is 6.31. The van der Waals surface area contributed by atoms with Crippen LogP contribution >= 0.6 is 0 Å². The number of nitrogens with zero attached hydrogens (tertiary/aromatic N) is 4. The van der Waals surface area contributed by atoms with Crippen LogP contribution in [0.15, 0.2) is 29.2 Å². The van der Waals surface area contributed by atoms with Crippen LogP contribution in [0.1, 0.15) is 17.0 Å². The molecule has 2 aromatic heterocycles. The Labute approximate surface area is 128 Å². The van der Waals surface area contributed by atoms with Crippen LogP contribution in [0, 0.1) is 13.8 Å². The number of hydrogen-bond donors (Lipinski definition) is 1. The molecular formula is C16H19N5O. The van der Waals surface area contributed by atoms with Crippen LogP contribution in [0.25, 0.3) is 11.0 Å². The molecule has 0 aliphatic heterocycles. The van der Waals surface area contributed by atoms with Gasteiger partial charge in [0.2, 0.25) is 0 Å². The summed E-state index contributed by atoms with van der Waals surface area (Å²) in [6.45, 7) is 4.71. The standard InChI is InChI=1S/C16H19N5O/c1-10-5-6-12(7-11(10)2)20(3)9-14-18-15-13(16(22)19-14)8-17-21(15)4/h5-8H,9H2,1-4H3,(H,18,19,22). The lowest BCUT2D eigenvalue weighted by Gasteiger charge is -2.19. The van der Waals surface area contributed by atoms with Gasteiger partial charge < -0.3 is 9.88 Å². The molecule has 0 spiro atoms. The molecule has 0 unspecified atom stereocenters. The number of fused-ring (bicyclic) bond motifs is 1. The van der Waals surface area contributed by atoms with Crippen molar-refractivity contribution in [1.82, 2.24) is 19.7 Å². The molecule has 3 aromatic rings. The van der Waals surface area contributed by atoms with E-state index in [1.54, 1.807) is 11.7 Å². The van der Waals surface area contributed by atoms with Gasteiger partial charge in [0.15, 0.2) is 5.65 Å². The highest BCUT2D eigenvalue weighted by atomic mass is 16.1. The number of benzene rings is 1. The molecular weight excluding hydrogens is 278 g/mol. The van der Waals surface area contributed by atoms with Crippen molar-refractivity contribution < 1.29 is 0 Å². The molecule has 6 heteroatoms. The zero-order chi connectivity index (χ0) is 15.9. The highest BCUT2D eigenvalue weighted by molar-refractivity contribution is 5.72. The van der Waals surface area contributed by atoms with Crippen LogP contribution in [0.5, 0.6) is 0 Å². The smallest absolute Gasteiger partial charge is 0.262 e. The fourth-order valence-electron chi connectivity index (χ4n) is 2.43. The third kappa shape index (κ3) is 2.47. The molecule has 0 saturated heterocycles. The molecule has 0 radical (unpaired) electrons. The number of aromatic nitrogens is 4. The van der Waals surface area contributed by atoms with Gasteiger partial charge in [-0.1, -0.05) is 6.07 Å². The van der Waals surface area contributed by atoms with Crippen molar-refractivity contribution >= 4 is 16.7 Å². The summed E-state index contributed by atoms with van der Waals surface area (Å²) in [5.74, 6) is 0.627. The fourth-order valence-corrected chi connectivity index (χ4v) is 2.43. The second kappa shape index (κ2) is 5.29. The average molecular weight is 297 g/mol. The van der Waals surface area contributed by atoms with Crippen molar-refractivity contribution in [3.05, 3.63) is 51.7 Å². The van der Waals surface area contributed by atoms with E-state index in [9.17, 15) is 4.79 Å². The Hall–Kier alpha value is -2.63. The molecule has 114 valence electrons. The van der Waals surface area contributed by atoms with Gasteiger partial charge in [-0.3, -0.25) is 9.48 Å². The number of anilines is 1. The normalized spacial score (nSPS) is 11.1. The zero-order valence-corrected chi connectivity index (χ0v) is 13.2. The van der Waals surface area contributed by atoms with Crippen molar-refractivity contribution in [2.45, 2.75) is 20.4 Å². The van der Waals surface area contributed by atoms with E-state index in [2.05, 4.69) is 52.0 Å². The third-order valence-corrected chi connectivity index (χ3v) is 3.97. The molecule has 22 heavy (non-hydrogen) atoms. The van der Waals surface area contributed by atoms with Gasteiger partial charge in [0.05, 0.1) is 12.7 Å². The van der Waals surface area contributed by atoms with E-state index in [4.69, 9.17) is 0 Å². The molecule has 0 aliphatic rings. The minimum Gasteiger partial charge on any atom is -0.367 e. The first-order chi connectivity index (χ1) is 10.5. The predicted octanol–water partition coefficient (Wildman–Crippen LogP) is 1.91. The summed E-state index contributed by atoms with van der Waals surface area (Å²) >= 11 is 0. The Kier molecular flexibility index (Phi) is 3.44. The van der Waals surface area contributed by atoms with Gasteiger partial charge in [0.1, 0.15) is 11.2 Å². The van der Waals surface area contributed by atoms with Crippen molar-refractivity contribution in [3.8, 4) is 0 Å². The molecule has 6 nitrogen and oxygen atoms in total. The molecule has 0 aliphatic carbocycles. The van der Waals surface area contributed by atoms with Crippen LogP contribution in [0.2, 0.25) is 0 Å². The Balaban J connectivity index is 1.93. The molecule has 0 fully saturated rings. The van der Waals surface area contributed by atoms with Gasteiger partial charge in [-0.15, -0.1) is 0 Å². The van der Waals surface area contributed by atoms with E-state index in [0.717, 1.165) is 5.69 Å². The lowest BCUT2D eigenvalue weighted by atomic mass is 10.1. The second-order valence-electron chi connectivity index (χ2n) is 5.64. The Morgan fingerprint density at radius 3 is 2.77 bits per heavy atom. The van der Waals surface area contributed by atoms with Crippen molar-refractivity contribution in [1.29, 1.82) is 0 Å². The molecule has 2 heterocycles. The van der Waals surface area contributed by atoms with Crippen molar-refractivity contribution in [2.24, 2.45) is 7.05 Å². The predicted molar refractivity (Wildman–Crippen MR) is 87.2 cm³/mol. The number of nitrogens with one attached hydrogen (secondary N) is 1. The quantitative estimate of drug-likeness (QED) is 0.802. The SMILES string of the molecule is Cc1ccc(N(C)Cc2nc3c(cnn3C)c(=O)[nH]2)cc1C. The summed E-state index contributed by atoms with van der Waals surface area (Å²) in [7, 11) is 3.77. The first-order valence-electron chi connectivity index (χ1n) is 7.15. The first-order valence-corrected chi connectivity index (χ1v) is 7.15. The topological polar surface area (TPSA) is 66.8 Å². The van der Waals surface area contributed by atoms with Gasteiger partial charge in [-0.2, -0.15) is 5.10 Å². The number of aryl methyl sites for hydroxylation is 3. The third-order valence-electron chi connectivity index (χ3n) is 3.97. The zero-order valence-electron chi connectivity index (χ0n) is 13.2. The lowest BCUT2D eigenvalue weighted by Crippen LogP contribution is -2.21. The fraction of sp³-hybridized carbons (Fsp3) is 0.312. The van der Waals surface area contributed by atoms with E-state index in [0.29, 0.717) is 23.4 Å². The molecule has 3 rings (SSSR count). The highest BCUT2D eigenvalue weighted by Crippen LogP contribution is 2.18. The highest BCUT2D eigenvalue weighted by Gasteiger charge is 2.10. The summed E-state index contributed by atoms with van der Waals surface area (Å²) < 4.78 is 1.62. The second-order valence-corrected chi connectivity index (χ2v) is 5.64. The monoisotopic (exact) mass is 297 g/mol. The number of H-pyrrole nitrogens is 1. The molecule has 1 N–H and O–H groups in total. The van der Waals surface area contributed by atoms with Crippen LogP contribution in [0.4, 0.5) is 5.69 Å². The molecule has 1 aromatic carbocycles. The summed E-state index contributed by atoms with van der Waals surface area (Å²) in [5.41, 5.74) is 4.05. The first kappa shape index (κ1) is 14.3. The van der Waals surface area contributed by atoms with Crippen LogP contribution in [0.3, 0.4) is 0 Å². The van der Waals surface area contributed by atoms with Gasteiger partial charge in [0.25, 0.3) is 5.56 Å². The number of hydrogen-bond acceptors (Lipinski definition) is 4. The number of rotatable bonds is 3. The van der Waals surface area contributed by atoms with E-state index < -0.39 is 0 Å². The van der Waals surface area contributed by atoms with E-state index in [-0.39, 0.29) is 5.56 Å². The van der Waals surface area contributed by atoms with Gasteiger partial charge >= 0.3 is 0 Å². The minimum atomic E-state index is -0.151. The minimum absolute atomic E-state index is 0.151. The van der Waals surface area contributed by atoms with Gasteiger partial charge in [-0.05, 0) is 37.1 Å². The Bertz CT molecular complexity index is 893. The molecule has 0 saturated carbocycles. The Morgan fingerprint density at radius 1 is 1.27 bits per heavy atom. The van der Waals surface area contributed by atoms with E-state index in [1.165, 1.54) is 17.3 Å². The molecule has 0 atom stereocenters. The average Bonchev–Trinajstić information content (AvgIpc) is 2.84. The van der Waals surface area contributed by atoms with Gasteiger partial charge in [0, 0.05) is 19.8 Å². The largest absolute Gasteiger partial charge is 0.367 e. The summed E-state index contributed by atoms with van der Waals surface area (Å²) in [6.07, 6.45) is 1.54. The van der Waals surface area contributed by atoms with Crippen molar-refractivity contribution in [3.63, 3.8) is 0 Å². The van der Waals surface area contributed by atoms with E-state index in [1.807, 2.05) is 7.05 Å². The maximum Gasteiger partial charge on any atom is 0.262 e. The summed E-state index contributed by atoms with van der Waals surface area (Å²) in [4.78, 5) is 21.5. The van der Waals surface area contributed by atoms with Crippen molar-refractivity contribution in [2.75, 3.05) is 11.9 Å². The maximum absolute atomic E-state index is 12.1. The summed E-state index contributed by atoms with van der Waals surface area (Å²) in [5, 5.41) is 4.59. The van der Waals surface area contributed by atoms with E-state index >= 15 is 0 Å². The Morgan fingerprint density at radius 2 is 2.05 bits per heavy atom.